The number of pyridine rings is 1. The maximum absolute atomic E-state index is 11.7. The minimum atomic E-state index is -0.140. The number of fused-ring (bicyclic) bond motifs is 1. The highest BCUT2D eigenvalue weighted by molar-refractivity contribution is 9.10. The normalized spacial score (nSPS) is 10.9. The van der Waals surface area contributed by atoms with Gasteiger partial charge in [-0.1, -0.05) is 28.9 Å². The maximum atomic E-state index is 11.7. The largest absolute Gasteiger partial charge is 0.306 e. The number of nitrogens with one attached hydrogen (secondary N) is 1. The molecule has 3 rings (SSSR count). The van der Waals surface area contributed by atoms with Crippen LogP contribution in [0.15, 0.2) is 45.8 Å². The summed E-state index contributed by atoms with van der Waals surface area (Å²) in [6.45, 7) is 1.98. The van der Waals surface area contributed by atoms with Gasteiger partial charge < -0.3 is 4.98 Å². The van der Waals surface area contributed by atoms with E-state index in [9.17, 15) is 4.79 Å². The van der Waals surface area contributed by atoms with Gasteiger partial charge in [0, 0.05) is 33.4 Å². The van der Waals surface area contributed by atoms with Gasteiger partial charge in [-0.25, -0.2) is 4.98 Å². The van der Waals surface area contributed by atoms with Crippen molar-refractivity contribution < 1.29 is 0 Å². The maximum Gasteiger partial charge on any atom is 0.251 e. The molecule has 2 heterocycles. The van der Waals surface area contributed by atoms with Gasteiger partial charge in [0.2, 0.25) is 0 Å². The van der Waals surface area contributed by atoms with E-state index in [4.69, 9.17) is 0 Å². The fourth-order valence-corrected chi connectivity index (χ4v) is 2.60. The second-order valence-electron chi connectivity index (χ2n) is 4.43. The van der Waals surface area contributed by atoms with Crippen LogP contribution in [0.5, 0.6) is 0 Å². The lowest BCUT2D eigenvalue weighted by atomic mass is 10.1. The average Bonchev–Trinajstić information content (AvgIpc) is 2.47. The molecule has 0 fully saturated rings. The van der Waals surface area contributed by atoms with Gasteiger partial charge in [0.15, 0.2) is 0 Å². The van der Waals surface area contributed by atoms with Crippen molar-refractivity contribution in [2.45, 2.75) is 13.3 Å². The van der Waals surface area contributed by atoms with Crippen LogP contribution >= 0.6 is 15.9 Å². The highest BCUT2D eigenvalue weighted by Gasteiger charge is 2.10. The quantitative estimate of drug-likeness (QED) is 0.784. The van der Waals surface area contributed by atoms with Gasteiger partial charge in [-0.3, -0.25) is 9.78 Å². The second-order valence-corrected chi connectivity index (χ2v) is 5.29. The fourth-order valence-electron chi connectivity index (χ4n) is 2.15. The molecule has 0 aliphatic carbocycles. The van der Waals surface area contributed by atoms with Crippen LogP contribution in [0.4, 0.5) is 0 Å². The Morgan fingerprint density at radius 1 is 1.30 bits per heavy atom. The van der Waals surface area contributed by atoms with Crippen molar-refractivity contribution in [2.75, 3.05) is 0 Å². The van der Waals surface area contributed by atoms with Gasteiger partial charge in [0.05, 0.1) is 5.52 Å². The van der Waals surface area contributed by atoms with E-state index in [-0.39, 0.29) is 5.56 Å². The van der Waals surface area contributed by atoms with E-state index in [1.165, 1.54) is 6.07 Å². The summed E-state index contributed by atoms with van der Waals surface area (Å²) in [6.07, 6.45) is 2.46. The van der Waals surface area contributed by atoms with Gasteiger partial charge in [-0.2, -0.15) is 0 Å². The number of aryl methyl sites for hydroxylation is 1. The first-order valence-corrected chi connectivity index (χ1v) is 7.12. The molecule has 0 aliphatic heterocycles. The van der Waals surface area contributed by atoms with Gasteiger partial charge in [0.1, 0.15) is 5.82 Å². The molecule has 0 aliphatic rings. The number of hydrogen-bond donors (Lipinski definition) is 1. The Hall–Kier alpha value is -2.01. The lowest BCUT2D eigenvalue weighted by Crippen LogP contribution is -2.10. The molecule has 1 aromatic carbocycles. The molecule has 0 amide bonds. The van der Waals surface area contributed by atoms with E-state index in [0.29, 0.717) is 5.82 Å². The zero-order chi connectivity index (χ0) is 14.1. The van der Waals surface area contributed by atoms with Gasteiger partial charge in [-0.05, 0) is 24.6 Å². The average molecular weight is 330 g/mol. The van der Waals surface area contributed by atoms with Crippen LogP contribution in [0.2, 0.25) is 0 Å². The number of halogens is 1. The van der Waals surface area contributed by atoms with Crippen LogP contribution in [0, 0.1) is 0 Å². The lowest BCUT2D eigenvalue weighted by Gasteiger charge is -2.07. The number of nitrogens with zero attached hydrogens (tertiary/aromatic N) is 2. The van der Waals surface area contributed by atoms with E-state index in [0.717, 1.165) is 33.1 Å². The second kappa shape index (κ2) is 5.17. The van der Waals surface area contributed by atoms with E-state index in [2.05, 4.69) is 30.9 Å². The summed E-state index contributed by atoms with van der Waals surface area (Å²) in [5, 5.41) is 0.995. The first-order valence-electron chi connectivity index (χ1n) is 6.33. The smallest absolute Gasteiger partial charge is 0.251 e. The molecule has 0 unspecified atom stereocenters. The van der Waals surface area contributed by atoms with Crippen LogP contribution in [0.1, 0.15) is 12.6 Å². The van der Waals surface area contributed by atoms with Crippen molar-refractivity contribution in [3.63, 3.8) is 0 Å². The molecule has 0 spiro atoms. The number of aromatic amines is 1. The molecule has 5 heteroatoms. The van der Waals surface area contributed by atoms with Crippen molar-refractivity contribution in [2.24, 2.45) is 0 Å². The monoisotopic (exact) mass is 329 g/mol. The van der Waals surface area contributed by atoms with Gasteiger partial charge >= 0.3 is 0 Å². The summed E-state index contributed by atoms with van der Waals surface area (Å²) in [4.78, 5) is 23.4. The Morgan fingerprint density at radius 2 is 2.15 bits per heavy atom. The minimum Gasteiger partial charge on any atom is -0.306 e. The summed E-state index contributed by atoms with van der Waals surface area (Å²) in [7, 11) is 0. The Kier molecular flexibility index (Phi) is 3.36. The number of H-pyrrole nitrogens is 1. The Bertz CT molecular complexity index is 842. The number of rotatable bonds is 2. The van der Waals surface area contributed by atoms with Crippen LogP contribution < -0.4 is 5.56 Å². The van der Waals surface area contributed by atoms with E-state index in [1.807, 2.05) is 31.2 Å². The first-order chi connectivity index (χ1) is 9.69. The van der Waals surface area contributed by atoms with Crippen molar-refractivity contribution in [1.82, 2.24) is 15.0 Å². The van der Waals surface area contributed by atoms with Crippen LogP contribution in [-0.2, 0) is 6.42 Å². The summed E-state index contributed by atoms with van der Waals surface area (Å²) < 4.78 is 0.971. The SMILES string of the molecule is CCc1cc(=O)[nH]c(-c2ccc(Br)c3cccnc23)n1. The van der Waals surface area contributed by atoms with E-state index >= 15 is 0 Å². The number of hydrogen-bond acceptors (Lipinski definition) is 3. The van der Waals surface area contributed by atoms with Gasteiger partial charge in [0.25, 0.3) is 5.56 Å². The van der Waals surface area contributed by atoms with Crippen molar-refractivity contribution in [1.29, 1.82) is 0 Å². The Labute approximate surface area is 124 Å². The van der Waals surface area contributed by atoms with Crippen molar-refractivity contribution in [3.05, 3.63) is 57.0 Å². The highest BCUT2D eigenvalue weighted by atomic mass is 79.9. The lowest BCUT2D eigenvalue weighted by molar-refractivity contribution is 0.988. The minimum absolute atomic E-state index is 0.140. The summed E-state index contributed by atoms with van der Waals surface area (Å²) in [6, 6.07) is 9.25. The predicted molar refractivity (Wildman–Crippen MR) is 82.7 cm³/mol. The molecule has 0 radical (unpaired) electrons. The zero-order valence-electron chi connectivity index (χ0n) is 10.9. The van der Waals surface area contributed by atoms with E-state index < -0.39 is 0 Å². The van der Waals surface area contributed by atoms with E-state index in [1.54, 1.807) is 6.20 Å². The molecule has 0 atom stereocenters. The van der Waals surface area contributed by atoms with Gasteiger partial charge in [-0.15, -0.1) is 0 Å². The fraction of sp³-hybridized carbons (Fsp3) is 0.133. The third-order valence-electron chi connectivity index (χ3n) is 3.13. The zero-order valence-corrected chi connectivity index (χ0v) is 12.4. The first kappa shape index (κ1) is 13.0. The third-order valence-corrected chi connectivity index (χ3v) is 3.82. The van der Waals surface area contributed by atoms with Crippen LogP contribution in [0.3, 0.4) is 0 Å². The summed E-state index contributed by atoms with van der Waals surface area (Å²) in [5.41, 5.74) is 2.28. The molecule has 4 nitrogen and oxygen atoms in total. The van der Waals surface area contributed by atoms with Crippen molar-refractivity contribution in [3.8, 4) is 11.4 Å². The molecule has 100 valence electrons. The molecule has 3 aromatic rings. The number of benzene rings is 1. The molecule has 0 saturated heterocycles. The van der Waals surface area contributed by atoms with Crippen molar-refractivity contribution >= 4 is 26.8 Å². The topological polar surface area (TPSA) is 58.6 Å². The Balaban J connectivity index is 2.33. The van der Waals surface area contributed by atoms with Crippen LogP contribution in [0.25, 0.3) is 22.3 Å². The molecular weight excluding hydrogens is 318 g/mol. The Morgan fingerprint density at radius 3 is 2.95 bits per heavy atom. The third kappa shape index (κ3) is 2.25. The number of aromatic nitrogens is 3. The molecule has 20 heavy (non-hydrogen) atoms. The molecular formula is C15H12BrN3O. The van der Waals surface area contributed by atoms with Crippen LogP contribution in [-0.4, -0.2) is 15.0 Å². The standard InChI is InChI=1S/C15H12BrN3O/c1-2-9-8-13(20)19-15(18-9)11-5-6-12(16)10-4-3-7-17-14(10)11/h3-8H,2H2,1H3,(H,18,19,20). The predicted octanol–water partition coefficient (Wildman–Crippen LogP) is 3.31. The molecule has 0 saturated carbocycles. The summed E-state index contributed by atoms with van der Waals surface area (Å²) in [5.74, 6) is 0.561. The summed E-state index contributed by atoms with van der Waals surface area (Å²) >= 11 is 3.51. The molecule has 0 bridgehead atoms. The molecule has 2 aromatic heterocycles. The highest BCUT2D eigenvalue weighted by Crippen LogP contribution is 2.29. The molecule has 1 N–H and O–H groups in total.